The molecule has 0 bridgehead atoms. The highest BCUT2D eigenvalue weighted by molar-refractivity contribution is 7.91. The van der Waals surface area contributed by atoms with Gasteiger partial charge in [0.05, 0.1) is 10.6 Å². The number of carbonyl (C=O) groups is 1. The fraction of sp³-hybridized carbons (Fsp3) is 0.333. The number of sulfone groups is 1. The Balaban J connectivity index is 2.44. The minimum Gasteiger partial charge on any atom is -0.341 e. The quantitative estimate of drug-likeness (QED) is 0.821. The number of carbonyl (C=O) groups excluding carboxylic acids is 1. The minimum atomic E-state index is -3.43. The van der Waals surface area contributed by atoms with Crippen LogP contribution in [0, 0.1) is 0 Å². The van der Waals surface area contributed by atoms with Crippen LogP contribution in [-0.4, -0.2) is 53.8 Å². The Kier molecular flexibility index (Phi) is 5.05. The number of nitrogens with zero attached hydrogens (tertiary/aromatic N) is 4. The van der Waals surface area contributed by atoms with Crippen molar-refractivity contribution in [1.29, 1.82) is 0 Å². The first-order valence-electron chi connectivity index (χ1n) is 7.18. The molecule has 0 aromatic carbocycles. The van der Waals surface area contributed by atoms with Gasteiger partial charge in [0.1, 0.15) is 11.4 Å². The molecule has 0 spiro atoms. The Morgan fingerprint density at radius 3 is 2.48 bits per heavy atom. The molecule has 1 amide bonds. The first kappa shape index (κ1) is 17.0. The summed E-state index contributed by atoms with van der Waals surface area (Å²) in [6.45, 7) is 3.98. The lowest BCUT2D eigenvalue weighted by Gasteiger charge is -2.13. The second kappa shape index (κ2) is 6.82. The van der Waals surface area contributed by atoms with E-state index in [1.165, 1.54) is 23.2 Å². The summed E-state index contributed by atoms with van der Waals surface area (Å²) in [6, 6.07) is 6.13. The average Bonchev–Trinajstić information content (AvgIpc) is 2.60. The Labute approximate surface area is 135 Å². The Bertz CT molecular complexity index is 804. The molecular formula is C15H18N4O3S. The molecule has 2 aromatic rings. The second-order valence-corrected chi connectivity index (χ2v) is 7.12. The topological polar surface area (TPSA) is 93.1 Å². The fourth-order valence-electron chi connectivity index (χ4n) is 1.90. The van der Waals surface area contributed by atoms with Gasteiger partial charge in [-0.2, -0.15) is 0 Å². The molecule has 0 N–H and O–H groups in total. The lowest BCUT2D eigenvalue weighted by Crippen LogP contribution is -2.27. The molecule has 0 radical (unpaired) electrons. The van der Waals surface area contributed by atoms with Crippen LogP contribution >= 0.6 is 0 Å². The molecule has 8 heteroatoms. The average molecular weight is 334 g/mol. The number of amides is 1. The van der Waals surface area contributed by atoms with Crippen LogP contribution in [0.4, 0.5) is 0 Å². The molecule has 0 aliphatic rings. The summed E-state index contributed by atoms with van der Waals surface area (Å²) in [5.74, 6) is -0.272. The summed E-state index contributed by atoms with van der Waals surface area (Å²) in [7, 11) is -1.76. The Morgan fingerprint density at radius 1 is 1.17 bits per heavy atom. The number of hydrogen-bond donors (Lipinski definition) is 0. The van der Waals surface area contributed by atoms with E-state index in [1.54, 1.807) is 26.1 Å². The molecule has 23 heavy (non-hydrogen) atoms. The third-order valence-corrected chi connectivity index (χ3v) is 5.19. The first-order chi connectivity index (χ1) is 10.9. The maximum Gasteiger partial charge on any atom is 0.274 e. The van der Waals surface area contributed by atoms with E-state index in [2.05, 4.69) is 15.2 Å². The highest BCUT2D eigenvalue weighted by atomic mass is 32.2. The van der Waals surface area contributed by atoms with E-state index < -0.39 is 9.84 Å². The normalized spacial score (nSPS) is 11.3. The van der Waals surface area contributed by atoms with Crippen LogP contribution in [0.1, 0.15) is 24.3 Å². The lowest BCUT2D eigenvalue weighted by molar-refractivity contribution is 0.0795. The van der Waals surface area contributed by atoms with Gasteiger partial charge >= 0.3 is 0 Å². The molecule has 2 rings (SSSR count). The lowest BCUT2D eigenvalue weighted by atomic mass is 10.2. The molecule has 0 unspecified atom stereocenters. The van der Waals surface area contributed by atoms with Gasteiger partial charge in [-0.05, 0) is 31.2 Å². The van der Waals surface area contributed by atoms with Crippen molar-refractivity contribution in [3.05, 3.63) is 36.2 Å². The van der Waals surface area contributed by atoms with Crippen LogP contribution in [-0.2, 0) is 9.84 Å². The third kappa shape index (κ3) is 3.53. The van der Waals surface area contributed by atoms with Gasteiger partial charge in [0.25, 0.3) is 5.91 Å². The molecule has 122 valence electrons. The van der Waals surface area contributed by atoms with E-state index in [1.807, 2.05) is 6.92 Å². The Hall–Kier alpha value is -2.35. The summed E-state index contributed by atoms with van der Waals surface area (Å²) in [6.07, 6.45) is 1.50. The van der Waals surface area contributed by atoms with Crippen LogP contribution < -0.4 is 0 Å². The van der Waals surface area contributed by atoms with Gasteiger partial charge in [0.15, 0.2) is 15.5 Å². The van der Waals surface area contributed by atoms with Crippen molar-refractivity contribution in [2.75, 3.05) is 19.3 Å². The maximum absolute atomic E-state index is 12.1. The molecule has 0 fully saturated rings. The van der Waals surface area contributed by atoms with Gasteiger partial charge in [-0.25, -0.2) is 8.42 Å². The third-order valence-electron chi connectivity index (χ3n) is 3.43. The zero-order valence-corrected chi connectivity index (χ0v) is 14.0. The van der Waals surface area contributed by atoms with Crippen molar-refractivity contribution in [1.82, 2.24) is 20.1 Å². The first-order valence-corrected chi connectivity index (χ1v) is 8.83. The number of hydrogen-bond acceptors (Lipinski definition) is 6. The van der Waals surface area contributed by atoms with Crippen molar-refractivity contribution in [2.45, 2.75) is 18.7 Å². The molecule has 0 aliphatic heterocycles. The standard InChI is InChI=1S/C15H18N4O3S/c1-4-19(3)15(20)12-9-8-11(17-18-12)14-13(7-6-10-16-14)23(21,22)5-2/h6-10H,4-5H2,1-3H3. The summed E-state index contributed by atoms with van der Waals surface area (Å²) in [5.41, 5.74) is 0.756. The van der Waals surface area contributed by atoms with E-state index in [0.717, 1.165) is 0 Å². The summed E-state index contributed by atoms with van der Waals surface area (Å²) < 4.78 is 24.3. The summed E-state index contributed by atoms with van der Waals surface area (Å²) in [4.78, 5) is 17.7. The Morgan fingerprint density at radius 2 is 1.91 bits per heavy atom. The van der Waals surface area contributed by atoms with Gasteiger partial charge in [-0.15, -0.1) is 10.2 Å². The maximum atomic E-state index is 12.1. The molecule has 0 saturated heterocycles. The highest BCUT2D eigenvalue weighted by Gasteiger charge is 2.20. The predicted molar refractivity (Wildman–Crippen MR) is 85.6 cm³/mol. The van der Waals surface area contributed by atoms with Crippen LogP contribution in [0.15, 0.2) is 35.4 Å². The van der Waals surface area contributed by atoms with Crippen molar-refractivity contribution in [3.8, 4) is 11.4 Å². The van der Waals surface area contributed by atoms with Crippen molar-refractivity contribution in [2.24, 2.45) is 0 Å². The number of rotatable bonds is 5. The molecule has 0 saturated carbocycles. The smallest absolute Gasteiger partial charge is 0.274 e. The molecule has 7 nitrogen and oxygen atoms in total. The molecule has 0 atom stereocenters. The van der Waals surface area contributed by atoms with Crippen molar-refractivity contribution >= 4 is 15.7 Å². The van der Waals surface area contributed by atoms with E-state index in [-0.39, 0.29) is 27.9 Å². The molecule has 2 aromatic heterocycles. The molecular weight excluding hydrogens is 316 g/mol. The summed E-state index contributed by atoms with van der Waals surface area (Å²) in [5, 5.41) is 7.87. The minimum absolute atomic E-state index is 0.0308. The second-order valence-electron chi connectivity index (χ2n) is 4.88. The van der Waals surface area contributed by atoms with E-state index in [4.69, 9.17) is 0 Å². The van der Waals surface area contributed by atoms with E-state index in [0.29, 0.717) is 12.2 Å². The van der Waals surface area contributed by atoms with Gasteiger partial charge in [-0.1, -0.05) is 6.92 Å². The van der Waals surface area contributed by atoms with Crippen molar-refractivity contribution < 1.29 is 13.2 Å². The monoisotopic (exact) mass is 334 g/mol. The van der Waals surface area contributed by atoms with Gasteiger partial charge in [0, 0.05) is 19.8 Å². The zero-order valence-electron chi connectivity index (χ0n) is 13.2. The largest absolute Gasteiger partial charge is 0.341 e. The summed E-state index contributed by atoms with van der Waals surface area (Å²) >= 11 is 0. The van der Waals surface area contributed by atoms with E-state index >= 15 is 0 Å². The van der Waals surface area contributed by atoms with Gasteiger partial charge < -0.3 is 4.90 Å². The van der Waals surface area contributed by atoms with Gasteiger partial charge in [-0.3, -0.25) is 9.78 Å². The number of aromatic nitrogens is 3. The van der Waals surface area contributed by atoms with Crippen LogP contribution in [0.5, 0.6) is 0 Å². The van der Waals surface area contributed by atoms with Crippen LogP contribution in [0.2, 0.25) is 0 Å². The zero-order chi connectivity index (χ0) is 17.0. The molecule has 0 aliphatic carbocycles. The fourth-order valence-corrected chi connectivity index (χ4v) is 2.95. The van der Waals surface area contributed by atoms with Crippen molar-refractivity contribution in [3.63, 3.8) is 0 Å². The number of pyridine rings is 1. The van der Waals surface area contributed by atoms with Crippen LogP contribution in [0.25, 0.3) is 11.4 Å². The predicted octanol–water partition coefficient (Wildman–Crippen LogP) is 1.42. The van der Waals surface area contributed by atoms with Crippen LogP contribution in [0.3, 0.4) is 0 Å². The molecule has 2 heterocycles. The SMILES string of the molecule is CCN(C)C(=O)c1ccc(-c2ncccc2S(=O)(=O)CC)nn1. The van der Waals surface area contributed by atoms with E-state index in [9.17, 15) is 13.2 Å². The van der Waals surface area contributed by atoms with Gasteiger partial charge in [0.2, 0.25) is 0 Å². The highest BCUT2D eigenvalue weighted by Crippen LogP contribution is 2.23.